The van der Waals surface area contributed by atoms with Crippen LogP contribution in [0.4, 0.5) is 0 Å². The number of aromatic nitrogens is 2. The van der Waals surface area contributed by atoms with E-state index in [4.69, 9.17) is 4.98 Å². The summed E-state index contributed by atoms with van der Waals surface area (Å²) in [4.78, 5) is 43.3. The van der Waals surface area contributed by atoms with Crippen molar-refractivity contribution in [2.24, 2.45) is 11.8 Å². The minimum absolute atomic E-state index is 0.0115. The second-order valence-electron chi connectivity index (χ2n) is 8.21. The van der Waals surface area contributed by atoms with Crippen molar-refractivity contribution in [1.29, 1.82) is 0 Å². The number of amides is 2. The number of likely N-dealkylation sites (tertiary alicyclic amines) is 1. The second-order valence-corrected chi connectivity index (χ2v) is 9.27. The molecule has 2 amide bonds. The fourth-order valence-electron chi connectivity index (χ4n) is 4.54. The minimum Gasteiger partial charge on any atom is -0.284 e. The van der Waals surface area contributed by atoms with E-state index < -0.39 is 0 Å². The van der Waals surface area contributed by atoms with Gasteiger partial charge in [-0.1, -0.05) is 50.6 Å². The summed E-state index contributed by atoms with van der Waals surface area (Å²) in [6, 6.07) is 7.60. The van der Waals surface area contributed by atoms with Crippen molar-refractivity contribution in [3.05, 3.63) is 34.6 Å². The summed E-state index contributed by atoms with van der Waals surface area (Å²) in [7, 11) is 0. The molecule has 29 heavy (non-hydrogen) atoms. The molecule has 1 aromatic heterocycles. The van der Waals surface area contributed by atoms with Crippen LogP contribution in [-0.4, -0.2) is 38.6 Å². The van der Waals surface area contributed by atoms with Gasteiger partial charge in [-0.2, -0.15) is 0 Å². The number of carbonyl (C=O) groups is 2. The molecule has 1 aliphatic carbocycles. The molecule has 3 atom stereocenters. The van der Waals surface area contributed by atoms with Crippen molar-refractivity contribution in [3.63, 3.8) is 0 Å². The van der Waals surface area contributed by atoms with Crippen LogP contribution in [0.2, 0.25) is 0 Å². The molecular weight excluding hydrogens is 386 g/mol. The van der Waals surface area contributed by atoms with Crippen LogP contribution in [0, 0.1) is 11.8 Å². The molecule has 0 N–H and O–H groups in total. The molecule has 1 aliphatic heterocycles. The summed E-state index contributed by atoms with van der Waals surface area (Å²) in [6.07, 6.45) is 3.88. The molecule has 1 aromatic carbocycles. The Labute approximate surface area is 174 Å². The molecule has 0 unspecified atom stereocenters. The van der Waals surface area contributed by atoms with E-state index in [-0.39, 0.29) is 23.4 Å². The molecule has 2 aromatic rings. The lowest BCUT2D eigenvalue weighted by atomic mass is 9.78. The van der Waals surface area contributed by atoms with Crippen LogP contribution in [0.15, 0.2) is 34.2 Å². The number of fused-ring (bicyclic) bond motifs is 1. The number of hydrogen-bond donors (Lipinski definition) is 0. The topological polar surface area (TPSA) is 72.3 Å². The van der Waals surface area contributed by atoms with Crippen LogP contribution in [-0.2, 0) is 9.59 Å². The highest BCUT2D eigenvalue weighted by Crippen LogP contribution is 2.38. The van der Waals surface area contributed by atoms with E-state index in [1.54, 1.807) is 0 Å². The molecular formula is C22H27N3O3S. The molecule has 4 rings (SSSR count). The maximum absolute atomic E-state index is 13.4. The van der Waals surface area contributed by atoms with E-state index in [0.717, 1.165) is 12.8 Å². The summed E-state index contributed by atoms with van der Waals surface area (Å²) in [6.45, 7) is 4.85. The first-order chi connectivity index (χ1) is 14.0. The van der Waals surface area contributed by atoms with Crippen LogP contribution >= 0.6 is 11.8 Å². The lowest BCUT2D eigenvalue weighted by Crippen LogP contribution is -2.36. The average Bonchev–Trinajstić information content (AvgIpc) is 3.03. The molecule has 0 radical (unpaired) electrons. The Morgan fingerprint density at radius 1 is 1.07 bits per heavy atom. The first-order valence-corrected chi connectivity index (χ1v) is 11.4. The first kappa shape index (κ1) is 20.1. The molecule has 154 valence electrons. The number of imide groups is 1. The monoisotopic (exact) mass is 413 g/mol. The Morgan fingerprint density at radius 2 is 1.79 bits per heavy atom. The zero-order valence-electron chi connectivity index (χ0n) is 17.0. The summed E-state index contributed by atoms with van der Waals surface area (Å²) in [5.41, 5.74) is 0.707. The predicted molar refractivity (Wildman–Crippen MR) is 114 cm³/mol. The number of rotatable bonds is 5. The number of para-hydroxylation sites is 1. The summed E-state index contributed by atoms with van der Waals surface area (Å²) in [5.74, 6) is 1.29. The van der Waals surface area contributed by atoms with Gasteiger partial charge in [-0.15, -0.1) is 0 Å². The Balaban J connectivity index is 1.67. The largest absolute Gasteiger partial charge is 0.284 e. The van der Waals surface area contributed by atoms with Crippen molar-refractivity contribution in [1.82, 2.24) is 14.5 Å². The molecule has 7 heteroatoms. The van der Waals surface area contributed by atoms with Crippen LogP contribution in [0.25, 0.3) is 10.9 Å². The Bertz CT molecular complexity index is 986. The lowest BCUT2D eigenvalue weighted by Gasteiger charge is -2.36. The summed E-state index contributed by atoms with van der Waals surface area (Å²) >= 11 is 1.47. The van der Waals surface area contributed by atoms with E-state index in [1.807, 2.05) is 28.8 Å². The van der Waals surface area contributed by atoms with E-state index in [9.17, 15) is 14.4 Å². The van der Waals surface area contributed by atoms with Gasteiger partial charge in [0.05, 0.1) is 10.9 Å². The molecule has 2 fully saturated rings. The Kier molecular flexibility index (Phi) is 5.76. The molecule has 1 saturated carbocycles. The number of carbonyl (C=O) groups excluding carboxylic acids is 2. The van der Waals surface area contributed by atoms with Crippen LogP contribution in [0.1, 0.15) is 52.0 Å². The van der Waals surface area contributed by atoms with Gasteiger partial charge < -0.3 is 0 Å². The van der Waals surface area contributed by atoms with Crippen molar-refractivity contribution in [2.75, 3.05) is 12.3 Å². The third kappa shape index (κ3) is 3.84. The average molecular weight is 414 g/mol. The lowest BCUT2D eigenvalue weighted by molar-refractivity contribution is -0.137. The number of nitrogens with zero attached hydrogens (tertiary/aromatic N) is 3. The predicted octanol–water partition coefficient (Wildman–Crippen LogP) is 3.63. The van der Waals surface area contributed by atoms with Crippen LogP contribution in [0.3, 0.4) is 0 Å². The maximum atomic E-state index is 13.4. The summed E-state index contributed by atoms with van der Waals surface area (Å²) < 4.78 is 1.89. The van der Waals surface area contributed by atoms with Crippen LogP contribution in [0.5, 0.6) is 0 Å². The molecule has 0 bridgehead atoms. The Hall–Kier alpha value is -2.15. The fourth-order valence-corrected chi connectivity index (χ4v) is 5.52. The smallest absolute Gasteiger partial charge is 0.262 e. The van der Waals surface area contributed by atoms with Crippen molar-refractivity contribution in [3.8, 4) is 0 Å². The van der Waals surface area contributed by atoms with Crippen LogP contribution < -0.4 is 5.56 Å². The maximum Gasteiger partial charge on any atom is 0.262 e. The highest BCUT2D eigenvalue weighted by atomic mass is 32.2. The minimum atomic E-state index is -0.103. The molecule has 2 heterocycles. The third-order valence-electron chi connectivity index (χ3n) is 6.47. The molecule has 1 saturated heterocycles. The van der Waals surface area contributed by atoms with Crippen molar-refractivity contribution < 1.29 is 9.59 Å². The van der Waals surface area contributed by atoms with Gasteiger partial charge in [0.2, 0.25) is 11.8 Å². The second kappa shape index (κ2) is 8.30. The Morgan fingerprint density at radius 3 is 2.55 bits per heavy atom. The number of thioether (sulfide) groups is 1. The molecule has 2 aliphatic rings. The highest BCUT2D eigenvalue weighted by molar-refractivity contribution is 7.99. The van der Waals surface area contributed by atoms with Gasteiger partial charge in [-0.05, 0) is 30.4 Å². The first-order valence-electron chi connectivity index (χ1n) is 10.4. The van der Waals surface area contributed by atoms with Gasteiger partial charge in [0.1, 0.15) is 0 Å². The van der Waals surface area contributed by atoms with Gasteiger partial charge in [0.15, 0.2) is 5.16 Å². The quantitative estimate of drug-likeness (QED) is 0.425. The SMILES string of the molecule is C[C@H]1[C@H](C)CCC[C@@H]1n1c(SCCN2C(=O)CCC2=O)nc2ccccc2c1=O. The zero-order chi connectivity index (χ0) is 20.5. The number of benzene rings is 1. The summed E-state index contributed by atoms with van der Waals surface area (Å²) in [5, 5.41) is 1.34. The van der Waals surface area contributed by atoms with E-state index in [1.165, 1.54) is 23.1 Å². The molecule has 6 nitrogen and oxygen atoms in total. The van der Waals surface area contributed by atoms with Gasteiger partial charge >= 0.3 is 0 Å². The van der Waals surface area contributed by atoms with E-state index in [0.29, 0.717) is 53.0 Å². The highest BCUT2D eigenvalue weighted by Gasteiger charge is 2.32. The molecule has 0 spiro atoms. The fraction of sp³-hybridized carbons (Fsp3) is 0.545. The van der Waals surface area contributed by atoms with Gasteiger partial charge in [0, 0.05) is 31.2 Å². The van der Waals surface area contributed by atoms with Crippen molar-refractivity contribution >= 4 is 34.5 Å². The van der Waals surface area contributed by atoms with E-state index in [2.05, 4.69) is 13.8 Å². The third-order valence-corrected chi connectivity index (χ3v) is 7.40. The van der Waals surface area contributed by atoms with Gasteiger partial charge in [-0.25, -0.2) is 4.98 Å². The normalized spacial score (nSPS) is 25.2. The van der Waals surface area contributed by atoms with Gasteiger partial charge in [0.25, 0.3) is 5.56 Å². The standard InChI is InChI=1S/C22H27N3O3S/c1-14-6-5-9-18(15(14)2)25-21(28)16-7-3-4-8-17(16)23-22(25)29-13-12-24-19(26)10-11-20(24)27/h3-4,7-8,14-15,18H,5-6,9-13H2,1-2H3/t14-,15+,18+/m1/s1. The van der Waals surface area contributed by atoms with E-state index >= 15 is 0 Å². The van der Waals surface area contributed by atoms with Gasteiger partial charge in [-0.3, -0.25) is 23.9 Å². The zero-order valence-corrected chi connectivity index (χ0v) is 17.8. The van der Waals surface area contributed by atoms with Crippen molar-refractivity contribution in [2.45, 2.75) is 57.1 Å². The number of hydrogen-bond acceptors (Lipinski definition) is 5.